The van der Waals surface area contributed by atoms with E-state index in [1.54, 1.807) is 34.1 Å². The minimum absolute atomic E-state index is 0.0624. The van der Waals surface area contributed by atoms with E-state index in [1.165, 1.54) is 24.3 Å². The average molecular weight is 428 g/mol. The van der Waals surface area contributed by atoms with Crippen molar-refractivity contribution in [1.29, 1.82) is 0 Å². The fourth-order valence-corrected chi connectivity index (χ4v) is 4.15. The van der Waals surface area contributed by atoms with Crippen molar-refractivity contribution in [3.8, 4) is 0 Å². The fraction of sp³-hybridized carbons (Fsp3) is 0.391. The van der Waals surface area contributed by atoms with Gasteiger partial charge in [-0.05, 0) is 48.7 Å². The minimum Gasteiger partial charge on any atom is -0.371 e. The van der Waals surface area contributed by atoms with Gasteiger partial charge in [0.05, 0.1) is 5.56 Å². The van der Waals surface area contributed by atoms with Crippen LogP contribution in [0.3, 0.4) is 0 Å². The predicted octanol–water partition coefficient (Wildman–Crippen LogP) is 2.96. The number of urea groups is 1. The van der Waals surface area contributed by atoms with Crippen LogP contribution in [0.5, 0.6) is 0 Å². The number of carbonyl (C=O) groups excluding carboxylic acids is 2. The monoisotopic (exact) mass is 428 g/mol. The van der Waals surface area contributed by atoms with Crippen molar-refractivity contribution in [1.82, 2.24) is 15.1 Å². The number of amides is 3. The molecule has 2 saturated heterocycles. The third kappa shape index (κ3) is 4.95. The van der Waals surface area contributed by atoms with Crippen molar-refractivity contribution < 1.29 is 18.4 Å². The van der Waals surface area contributed by atoms with Gasteiger partial charge in [-0.3, -0.25) is 4.79 Å². The normalized spacial score (nSPS) is 18.9. The lowest BCUT2D eigenvalue weighted by atomic mass is 10.1. The molecule has 2 aliphatic heterocycles. The number of benzene rings is 2. The van der Waals surface area contributed by atoms with E-state index in [0.29, 0.717) is 38.6 Å². The number of rotatable bonds is 4. The molecule has 0 saturated carbocycles. The maximum Gasteiger partial charge on any atom is 0.317 e. The molecule has 0 spiro atoms. The Labute approximate surface area is 180 Å². The zero-order chi connectivity index (χ0) is 21.8. The maximum absolute atomic E-state index is 13.9. The first-order chi connectivity index (χ1) is 15.0. The summed E-state index contributed by atoms with van der Waals surface area (Å²) in [4.78, 5) is 30.5. The van der Waals surface area contributed by atoms with Crippen molar-refractivity contribution in [2.75, 3.05) is 50.7 Å². The molecule has 3 amide bonds. The lowest BCUT2D eigenvalue weighted by Crippen LogP contribution is -2.53. The second-order valence-corrected chi connectivity index (χ2v) is 8.02. The summed E-state index contributed by atoms with van der Waals surface area (Å²) in [6, 6.07) is 12.3. The molecule has 2 fully saturated rings. The van der Waals surface area contributed by atoms with Crippen molar-refractivity contribution in [3.05, 3.63) is 65.7 Å². The topological polar surface area (TPSA) is 55.9 Å². The van der Waals surface area contributed by atoms with E-state index in [4.69, 9.17) is 0 Å². The predicted molar refractivity (Wildman–Crippen MR) is 114 cm³/mol. The molecule has 2 aromatic carbocycles. The highest BCUT2D eigenvalue weighted by molar-refractivity contribution is 5.94. The molecule has 6 nitrogen and oxygen atoms in total. The Bertz CT molecular complexity index is 929. The van der Waals surface area contributed by atoms with Gasteiger partial charge in [-0.2, -0.15) is 0 Å². The third-order valence-corrected chi connectivity index (χ3v) is 5.98. The first-order valence-corrected chi connectivity index (χ1v) is 10.6. The third-order valence-electron chi connectivity index (χ3n) is 5.98. The van der Waals surface area contributed by atoms with Crippen molar-refractivity contribution >= 4 is 17.6 Å². The molecule has 1 atom stereocenters. The van der Waals surface area contributed by atoms with Gasteiger partial charge >= 0.3 is 6.03 Å². The average Bonchev–Trinajstić information content (AvgIpc) is 3.27. The molecule has 1 unspecified atom stereocenters. The maximum atomic E-state index is 13.9. The Morgan fingerprint density at radius 3 is 2.29 bits per heavy atom. The molecule has 2 aliphatic rings. The van der Waals surface area contributed by atoms with Gasteiger partial charge in [0.15, 0.2) is 0 Å². The minimum atomic E-state index is -0.529. The van der Waals surface area contributed by atoms with E-state index >= 15 is 0 Å². The van der Waals surface area contributed by atoms with Crippen LogP contribution in [0.1, 0.15) is 16.8 Å². The zero-order valence-electron chi connectivity index (χ0n) is 17.3. The Morgan fingerprint density at radius 1 is 0.903 bits per heavy atom. The smallest absolute Gasteiger partial charge is 0.317 e. The van der Waals surface area contributed by atoms with Crippen LogP contribution in [0.4, 0.5) is 19.3 Å². The number of piperazine rings is 1. The first-order valence-electron chi connectivity index (χ1n) is 10.6. The molecule has 2 aromatic rings. The summed E-state index contributed by atoms with van der Waals surface area (Å²) in [5, 5.41) is 3.00. The fourth-order valence-electron chi connectivity index (χ4n) is 4.15. The molecule has 8 heteroatoms. The van der Waals surface area contributed by atoms with Gasteiger partial charge in [0.2, 0.25) is 0 Å². The molecule has 164 valence electrons. The van der Waals surface area contributed by atoms with E-state index in [2.05, 4.69) is 10.2 Å². The number of hydrogen-bond acceptors (Lipinski definition) is 3. The second-order valence-electron chi connectivity index (χ2n) is 8.02. The lowest BCUT2D eigenvalue weighted by molar-refractivity contribution is 0.0660. The van der Waals surface area contributed by atoms with Gasteiger partial charge in [-0.15, -0.1) is 0 Å². The molecule has 4 rings (SSSR count). The van der Waals surface area contributed by atoms with Gasteiger partial charge in [0, 0.05) is 51.5 Å². The molecule has 0 bridgehead atoms. The highest BCUT2D eigenvalue weighted by Crippen LogP contribution is 2.23. The SMILES string of the molecule is O=C(NCC1CCN(c2ccc(F)cc2)C1)N1CCN(C(=O)c2ccccc2F)CC1. The largest absolute Gasteiger partial charge is 0.371 e. The van der Waals surface area contributed by atoms with Crippen LogP contribution in [-0.2, 0) is 0 Å². The number of nitrogens with one attached hydrogen (secondary N) is 1. The Kier molecular flexibility index (Phi) is 6.34. The van der Waals surface area contributed by atoms with E-state index < -0.39 is 5.82 Å². The van der Waals surface area contributed by atoms with Gasteiger partial charge < -0.3 is 20.0 Å². The number of halogens is 2. The lowest BCUT2D eigenvalue weighted by Gasteiger charge is -2.35. The van der Waals surface area contributed by atoms with Crippen LogP contribution in [-0.4, -0.2) is 67.6 Å². The van der Waals surface area contributed by atoms with Crippen molar-refractivity contribution in [2.45, 2.75) is 6.42 Å². The van der Waals surface area contributed by atoms with Gasteiger partial charge in [0.25, 0.3) is 5.91 Å². The molecule has 0 aliphatic carbocycles. The highest BCUT2D eigenvalue weighted by Gasteiger charge is 2.27. The Balaban J connectivity index is 1.21. The Morgan fingerprint density at radius 2 is 1.58 bits per heavy atom. The van der Waals surface area contributed by atoms with E-state index in [1.807, 2.05) is 0 Å². The summed E-state index contributed by atoms with van der Waals surface area (Å²) in [6.45, 7) is 3.85. The number of hydrogen-bond donors (Lipinski definition) is 1. The van der Waals surface area contributed by atoms with Gasteiger partial charge in [-0.25, -0.2) is 13.6 Å². The van der Waals surface area contributed by atoms with Crippen LogP contribution in [0.15, 0.2) is 48.5 Å². The quantitative estimate of drug-likeness (QED) is 0.815. The van der Waals surface area contributed by atoms with Crippen molar-refractivity contribution in [2.24, 2.45) is 5.92 Å². The molecule has 1 N–H and O–H groups in total. The molecule has 0 radical (unpaired) electrons. The standard InChI is InChI=1S/C23H26F2N4O2/c24-18-5-7-19(8-6-18)29-10-9-17(16-29)15-26-23(31)28-13-11-27(12-14-28)22(30)20-3-1-2-4-21(20)25/h1-8,17H,9-16H2,(H,26,31). The van der Waals surface area contributed by atoms with Crippen LogP contribution in [0.25, 0.3) is 0 Å². The summed E-state index contributed by atoms with van der Waals surface area (Å²) >= 11 is 0. The molecular weight excluding hydrogens is 402 g/mol. The van der Waals surface area contributed by atoms with Crippen molar-refractivity contribution in [3.63, 3.8) is 0 Å². The van der Waals surface area contributed by atoms with Crippen LogP contribution >= 0.6 is 0 Å². The zero-order valence-corrected chi connectivity index (χ0v) is 17.3. The highest BCUT2D eigenvalue weighted by atomic mass is 19.1. The van der Waals surface area contributed by atoms with Gasteiger partial charge in [0.1, 0.15) is 11.6 Å². The molecule has 31 heavy (non-hydrogen) atoms. The van der Waals surface area contributed by atoms with Crippen LogP contribution in [0, 0.1) is 17.6 Å². The summed E-state index contributed by atoms with van der Waals surface area (Å²) in [5.74, 6) is -0.788. The number of anilines is 1. The summed E-state index contributed by atoms with van der Waals surface area (Å²) in [7, 11) is 0. The van der Waals surface area contributed by atoms with Crippen LogP contribution in [0.2, 0.25) is 0 Å². The number of carbonyl (C=O) groups is 2. The first kappa shape index (κ1) is 21.1. The number of nitrogens with zero attached hydrogens (tertiary/aromatic N) is 3. The van der Waals surface area contributed by atoms with Crippen LogP contribution < -0.4 is 10.2 Å². The Hall–Kier alpha value is -3.16. The molecule has 0 aromatic heterocycles. The summed E-state index contributed by atoms with van der Waals surface area (Å²) in [5.41, 5.74) is 1.05. The molecule has 2 heterocycles. The summed E-state index contributed by atoms with van der Waals surface area (Å²) in [6.07, 6.45) is 0.961. The summed E-state index contributed by atoms with van der Waals surface area (Å²) < 4.78 is 27.0. The molecular formula is C23H26F2N4O2. The van der Waals surface area contributed by atoms with E-state index in [9.17, 15) is 18.4 Å². The van der Waals surface area contributed by atoms with E-state index in [-0.39, 0.29) is 23.3 Å². The van der Waals surface area contributed by atoms with E-state index in [0.717, 1.165) is 25.2 Å². The van der Waals surface area contributed by atoms with Gasteiger partial charge in [-0.1, -0.05) is 12.1 Å². The second kappa shape index (κ2) is 9.32.